The maximum absolute atomic E-state index is 13.2. The number of fused-ring (bicyclic) bond motifs is 1. The molecule has 0 radical (unpaired) electrons. The van der Waals surface area contributed by atoms with Gasteiger partial charge < -0.3 is 4.74 Å². The Bertz CT molecular complexity index is 1270. The average Bonchev–Trinajstić information content (AvgIpc) is 2.79. The summed E-state index contributed by atoms with van der Waals surface area (Å²) < 4.78 is 6.44. The number of pyridine rings is 1. The molecule has 0 unspecified atom stereocenters. The summed E-state index contributed by atoms with van der Waals surface area (Å²) in [6, 6.07) is 24.0. The van der Waals surface area contributed by atoms with Gasteiger partial charge in [0.2, 0.25) is 5.78 Å². The number of carbonyl (C=O) groups excluding carboxylic acids is 2. The molecule has 0 saturated heterocycles. The van der Waals surface area contributed by atoms with Crippen molar-refractivity contribution in [2.45, 2.75) is 20.0 Å². The number of hydrogen-bond donors (Lipinski definition) is 0. The molecule has 5 heteroatoms. The van der Waals surface area contributed by atoms with Gasteiger partial charge in [0, 0.05) is 21.0 Å². The lowest BCUT2D eigenvalue weighted by Gasteiger charge is -2.15. The molecule has 4 rings (SSSR count). The number of aromatic nitrogens is 1. The molecule has 4 nitrogen and oxygen atoms in total. The quantitative estimate of drug-likeness (QED) is 0.248. The highest BCUT2D eigenvalue weighted by molar-refractivity contribution is 9.10. The van der Waals surface area contributed by atoms with E-state index >= 15 is 0 Å². The van der Waals surface area contributed by atoms with Crippen LogP contribution in [0.3, 0.4) is 0 Å². The van der Waals surface area contributed by atoms with Crippen molar-refractivity contribution in [3.63, 3.8) is 0 Å². The second-order valence-electron chi connectivity index (χ2n) is 7.32. The van der Waals surface area contributed by atoms with Gasteiger partial charge in [0.1, 0.15) is 0 Å². The summed E-state index contributed by atoms with van der Waals surface area (Å²) in [5.74, 6) is -0.799. The van der Waals surface area contributed by atoms with Crippen LogP contribution in [0.1, 0.15) is 33.2 Å². The van der Waals surface area contributed by atoms with Crippen LogP contribution in [0.4, 0.5) is 0 Å². The van der Waals surface area contributed by atoms with Gasteiger partial charge in [0.05, 0.1) is 16.8 Å². The minimum Gasteiger partial charge on any atom is -0.451 e. The zero-order valence-corrected chi connectivity index (χ0v) is 18.7. The Labute approximate surface area is 189 Å². The summed E-state index contributed by atoms with van der Waals surface area (Å²) in [4.78, 5) is 30.7. The maximum Gasteiger partial charge on any atom is 0.339 e. The Hall–Kier alpha value is -3.31. The zero-order chi connectivity index (χ0) is 22.0. The molecule has 154 valence electrons. The topological polar surface area (TPSA) is 56.3 Å². The number of esters is 1. The van der Waals surface area contributed by atoms with Crippen molar-refractivity contribution in [2.24, 2.45) is 0 Å². The van der Waals surface area contributed by atoms with Crippen molar-refractivity contribution >= 4 is 38.6 Å². The van der Waals surface area contributed by atoms with Gasteiger partial charge in [-0.25, -0.2) is 9.78 Å². The van der Waals surface area contributed by atoms with Crippen LogP contribution >= 0.6 is 15.9 Å². The molecule has 0 fully saturated rings. The number of ether oxygens (including phenoxy) is 1. The molecule has 1 heterocycles. The normalized spacial score (nSPS) is 11.8. The highest BCUT2D eigenvalue weighted by atomic mass is 79.9. The highest BCUT2D eigenvalue weighted by Gasteiger charge is 2.23. The molecular formula is C26H20BrNO3. The van der Waals surface area contributed by atoms with E-state index in [9.17, 15) is 9.59 Å². The number of carbonyl (C=O) groups is 2. The molecule has 4 aromatic rings. The third-order valence-corrected chi connectivity index (χ3v) is 5.53. The number of rotatable bonds is 5. The van der Waals surface area contributed by atoms with E-state index in [1.165, 1.54) is 0 Å². The fourth-order valence-corrected chi connectivity index (χ4v) is 4.07. The largest absolute Gasteiger partial charge is 0.451 e. The standard InChI is InChI=1S/C26H20BrNO3/c1-16-13-20(27)14-21-22(15-23(28-24(16)21)18-9-5-3-6-10-18)26(30)31-17(2)25(29)19-11-7-4-8-12-19/h3-15,17H,1-2H3/t17-/m0/s1. The van der Waals surface area contributed by atoms with E-state index < -0.39 is 12.1 Å². The van der Waals surface area contributed by atoms with Gasteiger partial charge >= 0.3 is 5.97 Å². The molecule has 3 aromatic carbocycles. The first-order chi connectivity index (χ1) is 14.9. The van der Waals surface area contributed by atoms with Crippen molar-refractivity contribution in [1.29, 1.82) is 0 Å². The first kappa shape index (κ1) is 20.9. The molecule has 0 aliphatic rings. The van der Waals surface area contributed by atoms with Crippen molar-refractivity contribution < 1.29 is 14.3 Å². The average molecular weight is 474 g/mol. The SMILES string of the molecule is Cc1cc(Br)cc2c(C(=O)O[C@@H](C)C(=O)c3ccccc3)cc(-c3ccccc3)nc12. The summed E-state index contributed by atoms with van der Waals surface area (Å²) in [6.45, 7) is 3.54. The Morgan fingerprint density at radius 2 is 1.58 bits per heavy atom. The molecular weight excluding hydrogens is 454 g/mol. The molecule has 0 saturated carbocycles. The minimum absolute atomic E-state index is 0.243. The van der Waals surface area contributed by atoms with E-state index in [4.69, 9.17) is 9.72 Å². The van der Waals surface area contributed by atoms with Gasteiger partial charge in [0.25, 0.3) is 0 Å². The molecule has 0 N–H and O–H groups in total. The Morgan fingerprint density at radius 1 is 0.935 bits per heavy atom. The van der Waals surface area contributed by atoms with Gasteiger partial charge in [-0.15, -0.1) is 0 Å². The van der Waals surface area contributed by atoms with Crippen LogP contribution in [0, 0.1) is 6.92 Å². The second kappa shape index (κ2) is 8.82. The molecule has 31 heavy (non-hydrogen) atoms. The van der Waals surface area contributed by atoms with Crippen LogP contribution in [0.2, 0.25) is 0 Å². The predicted molar refractivity (Wildman–Crippen MR) is 125 cm³/mol. The molecule has 0 amide bonds. The first-order valence-corrected chi connectivity index (χ1v) is 10.7. The molecule has 0 aliphatic heterocycles. The first-order valence-electron chi connectivity index (χ1n) is 9.90. The number of aryl methyl sites for hydroxylation is 1. The van der Waals surface area contributed by atoms with Crippen LogP contribution in [0.5, 0.6) is 0 Å². The lowest BCUT2D eigenvalue weighted by molar-refractivity contribution is 0.0320. The summed E-state index contributed by atoms with van der Waals surface area (Å²) in [5, 5.41) is 0.677. The Balaban J connectivity index is 1.76. The Morgan fingerprint density at radius 3 is 2.26 bits per heavy atom. The van der Waals surface area contributed by atoms with E-state index in [1.54, 1.807) is 37.3 Å². The van der Waals surface area contributed by atoms with Crippen LogP contribution in [0.15, 0.2) is 83.3 Å². The summed E-state index contributed by atoms with van der Waals surface area (Å²) in [6.07, 6.45) is -0.911. The van der Waals surface area contributed by atoms with E-state index in [1.807, 2.05) is 55.5 Å². The molecule has 0 spiro atoms. The number of Topliss-reactive ketones (excluding diaryl/α,β-unsaturated/α-hetero) is 1. The number of nitrogens with zero attached hydrogens (tertiary/aromatic N) is 1. The van der Waals surface area contributed by atoms with Gasteiger partial charge in [0.15, 0.2) is 6.10 Å². The number of hydrogen-bond acceptors (Lipinski definition) is 4. The van der Waals surface area contributed by atoms with Crippen LogP contribution in [-0.4, -0.2) is 22.8 Å². The van der Waals surface area contributed by atoms with Crippen molar-refractivity contribution in [2.75, 3.05) is 0 Å². The van der Waals surface area contributed by atoms with Gasteiger partial charge in [-0.2, -0.15) is 0 Å². The number of halogens is 1. The summed E-state index contributed by atoms with van der Waals surface area (Å²) in [5.41, 5.74) is 4.11. The third-order valence-electron chi connectivity index (χ3n) is 5.07. The molecule has 1 aromatic heterocycles. The minimum atomic E-state index is -0.911. The fourth-order valence-electron chi connectivity index (χ4n) is 3.50. The summed E-state index contributed by atoms with van der Waals surface area (Å²) in [7, 11) is 0. The van der Waals surface area contributed by atoms with Crippen molar-refractivity contribution in [1.82, 2.24) is 4.98 Å². The van der Waals surface area contributed by atoms with Crippen molar-refractivity contribution in [3.05, 3.63) is 100 Å². The monoisotopic (exact) mass is 473 g/mol. The van der Waals surface area contributed by atoms with Crippen molar-refractivity contribution in [3.8, 4) is 11.3 Å². The highest BCUT2D eigenvalue weighted by Crippen LogP contribution is 2.30. The fraction of sp³-hybridized carbons (Fsp3) is 0.115. The van der Waals surface area contributed by atoms with Crippen LogP contribution in [0.25, 0.3) is 22.2 Å². The van der Waals surface area contributed by atoms with E-state index in [-0.39, 0.29) is 5.78 Å². The lowest BCUT2D eigenvalue weighted by atomic mass is 10.0. The summed E-state index contributed by atoms with van der Waals surface area (Å²) >= 11 is 3.50. The van der Waals surface area contributed by atoms with E-state index in [2.05, 4.69) is 15.9 Å². The van der Waals surface area contributed by atoms with E-state index in [0.29, 0.717) is 22.2 Å². The van der Waals surface area contributed by atoms with Crippen LogP contribution in [-0.2, 0) is 4.74 Å². The molecule has 1 atom stereocenters. The van der Waals surface area contributed by atoms with Gasteiger partial charge in [-0.3, -0.25) is 4.79 Å². The smallest absolute Gasteiger partial charge is 0.339 e. The predicted octanol–water partition coefficient (Wildman–Crippen LogP) is 6.40. The molecule has 0 aliphatic carbocycles. The maximum atomic E-state index is 13.2. The lowest BCUT2D eigenvalue weighted by Crippen LogP contribution is -2.24. The second-order valence-corrected chi connectivity index (χ2v) is 8.23. The van der Waals surface area contributed by atoms with Gasteiger partial charge in [-0.05, 0) is 37.6 Å². The Kier molecular flexibility index (Phi) is 5.96. The number of benzene rings is 3. The van der Waals surface area contributed by atoms with Crippen LogP contribution < -0.4 is 0 Å². The molecule has 0 bridgehead atoms. The van der Waals surface area contributed by atoms with Gasteiger partial charge in [-0.1, -0.05) is 76.6 Å². The number of ketones is 1. The zero-order valence-electron chi connectivity index (χ0n) is 17.1. The van der Waals surface area contributed by atoms with E-state index in [0.717, 1.165) is 21.1 Å². The third kappa shape index (κ3) is 4.42.